The summed E-state index contributed by atoms with van der Waals surface area (Å²) in [5.41, 5.74) is 1.47. The minimum Gasteiger partial charge on any atom is -0.394 e. The fourth-order valence-electron chi connectivity index (χ4n) is 8.42. The summed E-state index contributed by atoms with van der Waals surface area (Å²) in [4.78, 5) is 49.6. The highest BCUT2D eigenvalue weighted by atomic mass is 16.5. The van der Waals surface area contributed by atoms with Gasteiger partial charge >= 0.3 is 0 Å². The maximum atomic E-state index is 15.1. The van der Waals surface area contributed by atoms with Gasteiger partial charge in [-0.15, -0.1) is 13.2 Å². The van der Waals surface area contributed by atoms with E-state index in [2.05, 4.69) is 13.2 Å². The largest absolute Gasteiger partial charge is 0.394 e. The number of nitrogens with zero attached hydrogens (tertiary/aromatic N) is 3. The number of anilines is 1. The van der Waals surface area contributed by atoms with Crippen molar-refractivity contribution in [1.82, 2.24) is 9.80 Å². The Bertz CT molecular complexity index is 1470. The van der Waals surface area contributed by atoms with Crippen LogP contribution in [0.2, 0.25) is 0 Å². The van der Waals surface area contributed by atoms with Crippen molar-refractivity contribution < 1.29 is 24.2 Å². The molecule has 2 bridgehead atoms. The van der Waals surface area contributed by atoms with Crippen LogP contribution in [-0.2, 0) is 25.7 Å². The van der Waals surface area contributed by atoms with Gasteiger partial charge in [-0.05, 0) is 62.6 Å². The number of amides is 3. The second kappa shape index (κ2) is 13.2. The van der Waals surface area contributed by atoms with Crippen molar-refractivity contribution >= 4 is 23.4 Å². The Morgan fingerprint density at radius 2 is 1.67 bits per heavy atom. The lowest BCUT2D eigenvalue weighted by Gasteiger charge is -2.40. The Hall–Kier alpha value is -3.75. The predicted molar refractivity (Wildman–Crippen MR) is 180 cm³/mol. The third-order valence-corrected chi connectivity index (χ3v) is 10.2. The van der Waals surface area contributed by atoms with E-state index >= 15 is 4.79 Å². The number of aryl methyl sites for hydroxylation is 2. The molecular formula is C38H49N3O5. The molecule has 8 nitrogen and oxygen atoms in total. The minimum atomic E-state index is -1.21. The van der Waals surface area contributed by atoms with Gasteiger partial charge in [-0.25, -0.2) is 0 Å². The van der Waals surface area contributed by atoms with Crippen LogP contribution in [0.5, 0.6) is 0 Å². The van der Waals surface area contributed by atoms with E-state index in [4.69, 9.17) is 4.74 Å². The first kappa shape index (κ1) is 33.6. The fraction of sp³-hybridized carbons (Fsp3) is 0.500. The van der Waals surface area contributed by atoms with Crippen LogP contribution in [0.4, 0.5) is 5.69 Å². The Kier molecular flexibility index (Phi) is 9.62. The zero-order valence-electron chi connectivity index (χ0n) is 27.9. The van der Waals surface area contributed by atoms with Gasteiger partial charge in [0, 0.05) is 25.3 Å². The smallest absolute Gasteiger partial charge is 0.253 e. The molecule has 46 heavy (non-hydrogen) atoms. The maximum Gasteiger partial charge on any atom is 0.253 e. The Morgan fingerprint density at radius 1 is 1.02 bits per heavy atom. The molecule has 0 saturated carbocycles. The van der Waals surface area contributed by atoms with Crippen LogP contribution in [-0.4, -0.2) is 75.6 Å². The highest BCUT2D eigenvalue weighted by Crippen LogP contribution is 2.64. The summed E-state index contributed by atoms with van der Waals surface area (Å²) in [7, 11) is 0. The van der Waals surface area contributed by atoms with E-state index in [9.17, 15) is 14.7 Å². The molecule has 0 aliphatic carbocycles. The molecule has 3 fully saturated rings. The molecule has 1 spiro atoms. The molecule has 2 aromatic carbocycles. The summed E-state index contributed by atoms with van der Waals surface area (Å²) in [6, 6.07) is 14.0. The van der Waals surface area contributed by atoms with Gasteiger partial charge in [0.15, 0.2) is 0 Å². The monoisotopic (exact) mass is 627 g/mol. The Balaban J connectivity index is 1.63. The summed E-state index contributed by atoms with van der Waals surface area (Å²) >= 11 is 0. The highest BCUT2D eigenvalue weighted by Gasteiger charge is 2.79. The van der Waals surface area contributed by atoms with E-state index < -0.39 is 35.1 Å². The molecule has 3 heterocycles. The van der Waals surface area contributed by atoms with Gasteiger partial charge in [0.1, 0.15) is 11.6 Å². The van der Waals surface area contributed by atoms with E-state index in [1.54, 1.807) is 26.9 Å². The standard InChI is InChI=1S/C38H49N3O5/c1-8-20-39(23-28-16-11-10-12-17-28)34(43)30-31-35(44)41(29(24-42)22-25(3)4)33(38(31)19-18-37(30,7)46-38)36(45)40(21-9-2)32-26(5)14-13-15-27(32)6/h8-17,25,29-31,33,42H,1-2,18-24H2,3-7H3/t29-,30-,31+,33?,37+,38?/m1/s1. The molecule has 5 rings (SSSR count). The molecule has 246 valence electrons. The van der Waals surface area contributed by atoms with Gasteiger partial charge in [-0.1, -0.05) is 74.5 Å². The first-order chi connectivity index (χ1) is 21.9. The van der Waals surface area contributed by atoms with Crippen LogP contribution in [0.1, 0.15) is 56.7 Å². The Morgan fingerprint density at radius 3 is 2.26 bits per heavy atom. The summed E-state index contributed by atoms with van der Waals surface area (Å²) in [6.45, 7) is 18.4. The van der Waals surface area contributed by atoms with Crippen molar-refractivity contribution in [3.63, 3.8) is 0 Å². The number of aliphatic hydroxyl groups is 1. The van der Waals surface area contributed by atoms with Crippen molar-refractivity contribution in [2.75, 3.05) is 24.6 Å². The van der Waals surface area contributed by atoms with Gasteiger partial charge in [0.2, 0.25) is 11.8 Å². The average molecular weight is 628 g/mol. The maximum absolute atomic E-state index is 15.1. The predicted octanol–water partition coefficient (Wildman–Crippen LogP) is 5.21. The molecule has 8 heteroatoms. The normalized spacial score (nSPS) is 27.1. The molecule has 3 aliphatic rings. The molecule has 3 amide bonds. The van der Waals surface area contributed by atoms with Crippen LogP contribution in [0.25, 0.3) is 0 Å². The molecule has 0 aromatic heterocycles. The fourth-order valence-corrected chi connectivity index (χ4v) is 8.42. The molecule has 2 aromatic rings. The van der Waals surface area contributed by atoms with Crippen LogP contribution in [0, 0.1) is 31.6 Å². The number of benzene rings is 2. The molecular weight excluding hydrogens is 578 g/mol. The van der Waals surface area contributed by atoms with E-state index in [1.165, 1.54) is 0 Å². The van der Waals surface area contributed by atoms with Crippen LogP contribution >= 0.6 is 0 Å². The zero-order valence-corrected chi connectivity index (χ0v) is 27.9. The quantitative estimate of drug-likeness (QED) is 0.308. The number of aliphatic hydroxyl groups excluding tert-OH is 1. The molecule has 6 atom stereocenters. The second-order valence-corrected chi connectivity index (χ2v) is 13.9. The van der Waals surface area contributed by atoms with Crippen molar-refractivity contribution in [3.05, 3.63) is 90.5 Å². The highest BCUT2D eigenvalue weighted by molar-refractivity contribution is 6.06. The lowest BCUT2D eigenvalue weighted by molar-refractivity contribution is -0.152. The molecule has 1 N–H and O–H groups in total. The SMILES string of the molecule is C=CCN(Cc1ccccc1)C(=O)[C@H]1[C@H]2C(=O)N([C@@H](CO)CC(C)C)C(C(=O)N(CC=C)c3c(C)cccc3C)C23CC[C@]1(C)O3. The number of para-hydroxylation sites is 1. The molecule has 3 aliphatic heterocycles. The average Bonchev–Trinajstić information content (AvgIpc) is 3.59. The van der Waals surface area contributed by atoms with Gasteiger partial charge in [0.05, 0.1) is 30.1 Å². The minimum absolute atomic E-state index is 0.155. The second-order valence-electron chi connectivity index (χ2n) is 13.9. The number of hydrogen-bond acceptors (Lipinski definition) is 5. The van der Waals surface area contributed by atoms with Crippen LogP contribution in [0.15, 0.2) is 73.8 Å². The van der Waals surface area contributed by atoms with Gasteiger partial charge in [-0.2, -0.15) is 0 Å². The summed E-state index contributed by atoms with van der Waals surface area (Å²) in [5, 5.41) is 10.7. The first-order valence-electron chi connectivity index (χ1n) is 16.5. The summed E-state index contributed by atoms with van der Waals surface area (Å²) < 4.78 is 6.95. The van der Waals surface area contributed by atoms with Crippen LogP contribution < -0.4 is 4.90 Å². The first-order valence-corrected chi connectivity index (χ1v) is 16.5. The lowest BCUT2D eigenvalue weighted by Crippen LogP contribution is -2.59. The molecule has 0 radical (unpaired) electrons. The number of hydrogen-bond donors (Lipinski definition) is 1. The van der Waals surface area contributed by atoms with E-state index in [1.807, 2.05) is 83.1 Å². The topological polar surface area (TPSA) is 90.4 Å². The van der Waals surface area contributed by atoms with Crippen molar-refractivity contribution in [2.24, 2.45) is 17.8 Å². The van der Waals surface area contributed by atoms with Crippen molar-refractivity contribution in [2.45, 2.75) is 83.7 Å². The number of likely N-dealkylation sites (tertiary alicyclic amines) is 1. The third kappa shape index (κ3) is 5.60. The number of rotatable bonds is 13. The van der Waals surface area contributed by atoms with E-state index in [0.717, 1.165) is 22.4 Å². The number of carbonyl (C=O) groups is 3. The van der Waals surface area contributed by atoms with Crippen LogP contribution in [0.3, 0.4) is 0 Å². The van der Waals surface area contributed by atoms with Crippen molar-refractivity contribution in [3.8, 4) is 0 Å². The summed E-state index contributed by atoms with van der Waals surface area (Å²) in [5.74, 6) is -2.24. The number of carbonyl (C=O) groups excluding carboxylic acids is 3. The van der Waals surface area contributed by atoms with Crippen molar-refractivity contribution in [1.29, 1.82) is 0 Å². The zero-order chi connectivity index (χ0) is 33.4. The third-order valence-electron chi connectivity index (χ3n) is 10.2. The number of fused-ring (bicyclic) bond motifs is 1. The van der Waals surface area contributed by atoms with Gasteiger partial charge in [0.25, 0.3) is 5.91 Å². The van der Waals surface area contributed by atoms with E-state index in [-0.39, 0.29) is 36.8 Å². The number of ether oxygens (including phenoxy) is 1. The Labute approximate surface area is 273 Å². The molecule has 3 saturated heterocycles. The summed E-state index contributed by atoms with van der Waals surface area (Å²) in [6.07, 6.45) is 4.90. The van der Waals surface area contributed by atoms with Gasteiger partial charge < -0.3 is 24.5 Å². The molecule has 2 unspecified atom stereocenters. The van der Waals surface area contributed by atoms with Gasteiger partial charge in [-0.3, -0.25) is 14.4 Å². The van der Waals surface area contributed by atoms with E-state index in [0.29, 0.717) is 32.4 Å². The lowest BCUT2D eigenvalue weighted by atomic mass is 9.66.